The molecule has 0 fully saturated rings. The number of benzodiazepines with no additional fused rings is 1. The summed E-state index contributed by atoms with van der Waals surface area (Å²) in [4.78, 5) is 43.2. The van der Waals surface area contributed by atoms with Crippen LogP contribution in [0.2, 0.25) is 10.0 Å². The van der Waals surface area contributed by atoms with Gasteiger partial charge in [0, 0.05) is 11.1 Å². The predicted octanol–water partition coefficient (Wildman–Crippen LogP) is 4.51. The molecule has 0 radical (unpaired) electrons. The highest BCUT2D eigenvalue weighted by atomic mass is 35.5. The Morgan fingerprint density at radius 2 is 1.57 bits per heavy atom. The number of hydrogen-bond donors (Lipinski definition) is 4. The molecular formula is C26H18Cl2N6O3. The molecule has 2 heterocycles. The maximum atomic E-state index is 13.1. The second-order valence-electron chi connectivity index (χ2n) is 7.95. The minimum atomic E-state index is -1.27. The van der Waals surface area contributed by atoms with Crippen LogP contribution in [-0.4, -0.2) is 39.8 Å². The Balaban J connectivity index is 1.40. The van der Waals surface area contributed by atoms with Gasteiger partial charge in [-0.05, 0) is 18.2 Å². The smallest absolute Gasteiger partial charge is 0.272 e. The number of H-pyrrole nitrogens is 1. The number of nitrogens with one attached hydrogen (secondary N) is 4. The van der Waals surface area contributed by atoms with Crippen LogP contribution in [0.5, 0.6) is 0 Å². The molecule has 0 aliphatic carbocycles. The second-order valence-corrected chi connectivity index (χ2v) is 8.73. The molecule has 1 atom stereocenters. The van der Waals surface area contributed by atoms with Crippen molar-refractivity contribution in [2.75, 3.05) is 10.6 Å². The molecule has 0 saturated carbocycles. The Hall–Kier alpha value is -4.47. The van der Waals surface area contributed by atoms with Gasteiger partial charge in [-0.25, -0.2) is 4.99 Å². The van der Waals surface area contributed by atoms with Crippen molar-refractivity contribution in [2.45, 2.75) is 6.17 Å². The Labute approximate surface area is 220 Å². The highest BCUT2D eigenvalue weighted by molar-refractivity contribution is 6.37. The minimum absolute atomic E-state index is 0.0667. The van der Waals surface area contributed by atoms with Gasteiger partial charge in [-0.2, -0.15) is 5.10 Å². The van der Waals surface area contributed by atoms with Crippen molar-refractivity contribution in [3.8, 4) is 0 Å². The van der Waals surface area contributed by atoms with E-state index in [2.05, 4.69) is 31.1 Å². The quantitative estimate of drug-likeness (QED) is 0.301. The summed E-state index contributed by atoms with van der Waals surface area (Å²) in [6.45, 7) is 0. The first-order chi connectivity index (χ1) is 17.9. The Bertz CT molecular complexity index is 1550. The van der Waals surface area contributed by atoms with E-state index < -0.39 is 23.9 Å². The fourth-order valence-electron chi connectivity index (χ4n) is 3.76. The zero-order valence-corrected chi connectivity index (χ0v) is 20.5. The average molecular weight is 533 g/mol. The van der Waals surface area contributed by atoms with Crippen molar-refractivity contribution in [3.05, 3.63) is 111 Å². The lowest BCUT2D eigenvalue weighted by Crippen LogP contribution is -2.42. The highest BCUT2D eigenvalue weighted by Crippen LogP contribution is 2.26. The second kappa shape index (κ2) is 10.3. The minimum Gasteiger partial charge on any atom is -0.322 e. The molecule has 9 nitrogen and oxygen atoms in total. The lowest BCUT2D eigenvalue weighted by atomic mass is 10.0. The van der Waals surface area contributed by atoms with Crippen LogP contribution in [0.1, 0.15) is 32.0 Å². The molecule has 0 saturated heterocycles. The number of halogens is 2. The first-order valence-electron chi connectivity index (χ1n) is 11.1. The largest absolute Gasteiger partial charge is 0.322 e. The fourth-order valence-corrected chi connectivity index (χ4v) is 4.20. The van der Waals surface area contributed by atoms with E-state index in [1.165, 1.54) is 6.07 Å². The van der Waals surface area contributed by atoms with Crippen molar-refractivity contribution in [1.82, 2.24) is 15.5 Å². The van der Waals surface area contributed by atoms with Gasteiger partial charge in [0.15, 0.2) is 5.82 Å². The van der Waals surface area contributed by atoms with Crippen LogP contribution < -0.4 is 16.0 Å². The third-order valence-corrected chi connectivity index (χ3v) is 6.24. The number of fused-ring (bicyclic) bond motifs is 1. The van der Waals surface area contributed by atoms with Crippen LogP contribution in [0.4, 0.5) is 11.5 Å². The number of carbonyl (C=O) groups is 3. The lowest BCUT2D eigenvalue weighted by Gasteiger charge is -2.13. The van der Waals surface area contributed by atoms with Crippen molar-refractivity contribution in [3.63, 3.8) is 0 Å². The van der Waals surface area contributed by atoms with E-state index in [0.717, 1.165) is 5.56 Å². The predicted molar refractivity (Wildman–Crippen MR) is 141 cm³/mol. The molecule has 11 heteroatoms. The number of rotatable bonds is 5. The molecule has 3 aromatic carbocycles. The first kappa shape index (κ1) is 24.2. The van der Waals surface area contributed by atoms with Gasteiger partial charge >= 0.3 is 0 Å². The molecule has 3 amide bonds. The molecule has 5 rings (SSSR count). The van der Waals surface area contributed by atoms with Gasteiger partial charge in [0.05, 0.1) is 22.0 Å². The van der Waals surface area contributed by atoms with Crippen LogP contribution in [-0.2, 0) is 4.79 Å². The molecule has 4 aromatic rings. The molecular weight excluding hydrogens is 515 g/mol. The van der Waals surface area contributed by atoms with Gasteiger partial charge in [0.1, 0.15) is 10.7 Å². The molecule has 0 spiro atoms. The van der Waals surface area contributed by atoms with E-state index in [-0.39, 0.29) is 27.1 Å². The maximum absolute atomic E-state index is 13.1. The summed E-state index contributed by atoms with van der Waals surface area (Å²) in [6.07, 6.45) is -1.27. The standard InChI is InChI=1S/C26H18Cl2N6O3/c27-17-12-6-4-10-15(17)24(35)31-22-19(28)21(33-34-22)25(36)32-23-26(37)29-18-13-7-5-11-16(18)20(30-23)14-8-2-1-3-9-14/h1-13,23H,(H,29,37)(H,32,36)(H2,31,33,34,35)/t23-/m1/s1. The lowest BCUT2D eigenvalue weighted by molar-refractivity contribution is -0.117. The zero-order valence-electron chi connectivity index (χ0n) is 19.0. The number of benzene rings is 3. The van der Waals surface area contributed by atoms with Crippen LogP contribution in [0.3, 0.4) is 0 Å². The summed E-state index contributed by atoms with van der Waals surface area (Å²) in [6, 6.07) is 23.0. The van der Waals surface area contributed by atoms with Crippen molar-refractivity contribution < 1.29 is 14.4 Å². The fraction of sp³-hybridized carbons (Fsp3) is 0.0385. The molecule has 0 unspecified atom stereocenters. The Kier molecular flexibility index (Phi) is 6.72. The summed E-state index contributed by atoms with van der Waals surface area (Å²) in [5, 5.41) is 14.4. The number of amides is 3. The number of aromatic amines is 1. The van der Waals surface area contributed by atoms with Crippen molar-refractivity contribution in [2.24, 2.45) is 4.99 Å². The van der Waals surface area contributed by atoms with Gasteiger partial charge in [-0.1, -0.05) is 83.9 Å². The summed E-state index contributed by atoms with van der Waals surface area (Å²) in [5.74, 6) is -1.89. The number of para-hydroxylation sites is 1. The molecule has 1 aromatic heterocycles. The number of aliphatic imine (C=N–C) groups is 1. The van der Waals surface area contributed by atoms with Gasteiger partial charge in [0.2, 0.25) is 6.17 Å². The number of hydrogen-bond acceptors (Lipinski definition) is 5. The van der Waals surface area contributed by atoms with Gasteiger partial charge < -0.3 is 16.0 Å². The number of aromatic nitrogens is 2. The van der Waals surface area contributed by atoms with Crippen molar-refractivity contribution >= 4 is 58.1 Å². The van der Waals surface area contributed by atoms with Gasteiger partial charge in [-0.15, -0.1) is 0 Å². The number of anilines is 2. The SMILES string of the molecule is O=C(Nc1n[nH]c(C(=O)N[C@H]2N=C(c3ccccc3)c3ccccc3NC2=O)c1Cl)c1ccccc1Cl. The van der Waals surface area contributed by atoms with E-state index in [9.17, 15) is 14.4 Å². The van der Waals surface area contributed by atoms with E-state index in [4.69, 9.17) is 23.2 Å². The van der Waals surface area contributed by atoms with Crippen LogP contribution >= 0.6 is 23.2 Å². The molecule has 184 valence electrons. The Morgan fingerprint density at radius 1 is 0.865 bits per heavy atom. The van der Waals surface area contributed by atoms with E-state index in [0.29, 0.717) is 17.0 Å². The molecule has 4 N–H and O–H groups in total. The summed E-state index contributed by atoms with van der Waals surface area (Å²) in [5.41, 5.74) is 2.64. The molecule has 1 aliphatic heterocycles. The van der Waals surface area contributed by atoms with Crippen LogP contribution in [0.15, 0.2) is 83.9 Å². The number of carbonyl (C=O) groups excluding carboxylic acids is 3. The molecule has 37 heavy (non-hydrogen) atoms. The van der Waals surface area contributed by atoms with Gasteiger partial charge in [0.25, 0.3) is 17.7 Å². The zero-order chi connectivity index (χ0) is 25.9. The molecule has 1 aliphatic rings. The first-order valence-corrected chi connectivity index (χ1v) is 11.8. The topological polar surface area (TPSA) is 128 Å². The molecule has 0 bridgehead atoms. The monoisotopic (exact) mass is 532 g/mol. The maximum Gasteiger partial charge on any atom is 0.272 e. The summed E-state index contributed by atoms with van der Waals surface area (Å²) < 4.78 is 0. The average Bonchev–Trinajstić information content (AvgIpc) is 3.20. The van der Waals surface area contributed by atoms with Crippen LogP contribution in [0, 0.1) is 0 Å². The van der Waals surface area contributed by atoms with Crippen LogP contribution in [0.25, 0.3) is 0 Å². The highest BCUT2D eigenvalue weighted by Gasteiger charge is 2.29. The van der Waals surface area contributed by atoms with Crippen molar-refractivity contribution in [1.29, 1.82) is 0 Å². The normalized spacial score (nSPS) is 14.6. The third-order valence-electron chi connectivity index (χ3n) is 5.55. The Morgan fingerprint density at radius 3 is 2.35 bits per heavy atom. The summed E-state index contributed by atoms with van der Waals surface area (Å²) >= 11 is 12.4. The van der Waals surface area contributed by atoms with E-state index in [1.54, 1.807) is 30.3 Å². The van der Waals surface area contributed by atoms with Gasteiger partial charge in [-0.3, -0.25) is 19.5 Å². The summed E-state index contributed by atoms with van der Waals surface area (Å²) in [7, 11) is 0. The van der Waals surface area contributed by atoms with E-state index in [1.807, 2.05) is 42.5 Å². The van der Waals surface area contributed by atoms with E-state index >= 15 is 0 Å². The third kappa shape index (κ3) is 4.95. The number of nitrogens with zero attached hydrogens (tertiary/aromatic N) is 2.